The Kier molecular flexibility index (Phi) is 2.52. The minimum Gasteiger partial charge on any atom is -0.341 e. The second-order valence-electron chi connectivity index (χ2n) is 4.95. The van der Waals surface area contributed by atoms with Gasteiger partial charge in [-0.3, -0.25) is 4.79 Å². The molecule has 1 aliphatic heterocycles. The van der Waals surface area contributed by atoms with Crippen LogP contribution in [0.1, 0.15) is 39.0 Å². The molecular weight excluding hydrogens is 176 g/mol. The van der Waals surface area contributed by atoms with Crippen LogP contribution in [0.2, 0.25) is 0 Å². The monoisotopic (exact) mass is 196 g/mol. The van der Waals surface area contributed by atoms with Gasteiger partial charge in [-0.25, -0.2) is 0 Å². The molecule has 1 saturated heterocycles. The van der Waals surface area contributed by atoms with E-state index in [1.165, 1.54) is 25.7 Å². The van der Waals surface area contributed by atoms with Crippen molar-refractivity contribution in [3.8, 4) is 0 Å². The lowest BCUT2D eigenvalue weighted by Gasteiger charge is -2.43. The summed E-state index contributed by atoms with van der Waals surface area (Å²) in [6.45, 7) is 3.97. The standard InChI is InChI=1S/C11H20N2O/c1-2-11(4-3-5-11)8-13-7-9(12)6-10(13)14/h9H,2-8,12H2,1H3. The Morgan fingerprint density at radius 1 is 1.57 bits per heavy atom. The Labute approximate surface area is 85.6 Å². The molecule has 1 unspecified atom stereocenters. The van der Waals surface area contributed by atoms with Crippen molar-refractivity contribution in [2.45, 2.75) is 45.1 Å². The molecule has 1 amide bonds. The van der Waals surface area contributed by atoms with Crippen molar-refractivity contribution in [3.63, 3.8) is 0 Å². The first-order valence-corrected chi connectivity index (χ1v) is 5.68. The van der Waals surface area contributed by atoms with Crippen LogP contribution in [0.25, 0.3) is 0 Å². The van der Waals surface area contributed by atoms with Crippen LogP contribution < -0.4 is 5.73 Å². The Balaban J connectivity index is 1.93. The van der Waals surface area contributed by atoms with E-state index in [9.17, 15) is 4.79 Å². The molecule has 0 bridgehead atoms. The Bertz CT molecular complexity index is 230. The number of nitrogens with two attached hydrogens (primary N) is 1. The van der Waals surface area contributed by atoms with Gasteiger partial charge in [-0.05, 0) is 24.7 Å². The van der Waals surface area contributed by atoms with Gasteiger partial charge in [0.15, 0.2) is 0 Å². The van der Waals surface area contributed by atoms with Crippen molar-refractivity contribution in [3.05, 3.63) is 0 Å². The van der Waals surface area contributed by atoms with Gasteiger partial charge >= 0.3 is 0 Å². The van der Waals surface area contributed by atoms with Crippen molar-refractivity contribution < 1.29 is 4.79 Å². The molecular formula is C11H20N2O. The molecule has 3 nitrogen and oxygen atoms in total. The maximum absolute atomic E-state index is 11.6. The summed E-state index contributed by atoms with van der Waals surface area (Å²) in [5, 5.41) is 0. The van der Waals surface area contributed by atoms with E-state index in [4.69, 9.17) is 5.73 Å². The van der Waals surface area contributed by atoms with E-state index < -0.39 is 0 Å². The summed E-state index contributed by atoms with van der Waals surface area (Å²) in [6, 6.07) is 0.0801. The van der Waals surface area contributed by atoms with Gasteiger partial charge < -0.3 is 10.6 Å². The minimum absolute atomic E-state index is 0.0801. The van der Waals surface area contributed by atoms with Crippen LogP contribution in [0.3, 0.4) is 0 Å². The second kappa shape index (κ2) is 3.54. The van der Waals surface area contributed by atoms with Gasteiger partial charge in [0.05, 0.1) is 0 Å². The van der Waals surface area contributed by atoms with Crippen LogP contribution in [0.15, 0.2) is 0 Å². The molecule has 1 saturated carbocycles. The number of rotatable bonds is 3. The Morgan fingerprint density at radius 3 is 2.64 bits per heavy atom. The molecule has 3 heteroatoms. The highest BCUT2D eigenvalue weighted by Crippen LogP contribution is 2.44. The number of carbonyl (C=O) groups is 1. The van der Waals surface area contributed by atoms with Gasteiger partial charge in [-0.1, -0.05) is 13.3 Å². The van der Waals surface area contributed by atoms with E-state index in [1.807, 2.05) is 4.90 Å². The molecule has 80 valence electrons. The third-order valence-electron chi connectivity index (χ3n) is 3.93. The Hall–Kier alpha value is -0.570. The maximum Gasteiger partial charge on any atom is 0.224 e. The highest BCUT2D eigenvalue weighted by molar-refractivity contribution is 5.79. The van der Waals surface area contributed by atoms with Gasteiger partial charge in [-0.2, -0.15) is 0 Å². The van der Waals surface area contributed by atoms with Crippen molar-refractivity contribution in [2.75, 3.05) is 13.1 Å². The van der Waals surface area contributed by atoms with Gasteiger partial charge in [0, 0.05) is 25.6 Å². The van der Waals surface area contributed by atoms with E-state index in [2.05, 4.69) is 6.92 Å². The van der Waals surface area contributed by atoms with Gasteiger partial charge in [0.25, 0.3) is 0 Å². The first-order valence-electron chi connectivity index (χ1n) is 5.68. The zero-order valence-corrected chi connectivity index (χ0v) is 8.96. The van der Waals surface area contributed by atoms with Crippen molar-refractivity contribution in [1.82, 2.24) is 4.90 Å². The smallest absolute Gasteiger partial charge is 0.224 e. The fraction of sp³-hybridized carbons (Fsp3) is 0.909. The van der Waals surface area contributed by atoms with E-state index in [-0.39, 0.29) is 11.9 Å². The number of amides is 1. The zero-order chi connectivity index (χ0) is 10.2. The summed E-state index contributed by atoms with van der Waals surface area (Å²) >= 11 is 0. The molecule has 1 atom stereocenters. The maximum atomic E-state index is 11.6. The van der Waals surface area contributed by atoms with E-state index in [1.54, 1.807) is 0 Å². The quantitative estimate of drug-likeness (QED) is 0.735. The van der Waals surface area contributed by atoms with Crippen molar-refractivity contribution in [1.29, 1.82) is 0 Å². The zero-order valence-electron chi connectivity index (χ0n) is 8.96. The summed E-state index contributed by atoms with van der Waals surface area (Å²) in [4.78, 5) is 13.5. The molecule has 2 N–H and O–H groups in total. The van der Waals surface area contributed by atoms with Gasteiger partial charge in [0.2, 0.25) is 5.91 Å². The molecule has 2 aliphatic rings. The van der Waals surface area contributed by atoms with Crippen molar-refractivity contribution in [2.24, 2.45) is 11.1 Å². The van der Waals surface area contributed by atoms with E-state index >= 15 is 0 Å². The van der Waals surface area contributed by atoms with E-state index in [0.717, 1.165) is 13.1 Å². The third-order valence-corrected chi connectivity index (χ3v) is 3.93. The van der Waals surface area contributed by atoms with Crippen molar-refractivity contribution >= 4 is 5.91 Å². The largest absolute Gasteiger partial charge is 0.341 e. The Morgan fingerprint density at radius 2 is 2.29 bits per heavy atom. The highest BCUT2D eigenvalue weighted by atomic mass is 16.2. The summed E-state index contributed by atoms with van der Waals surface area (Å²) in [5.74, 6) is 0.261. The van der Waals surface area contributed by atoms with Crippen LogP contribution in [-0.2, 0) is 4.79 Å². The summed E-state index contributed by atoms with van der Waals surface area (Å²) in [7, 11) is 0. The van der Waals surface area contributed by atoms with Crippen LogP contribution >= 0.6 is 0 Å². The first-order chi connectivity index (χ1) is 6.65. The second-order valence-corrected chi connectivity index (χ2v) is 4.95. The van der Waals surface area contributed by atoms with Crippen LogP contribution in [0, 0.1) is 5.41 Å². The normalized spacial score (nSPS) is 30.6. The molecule has 0 spiro atoms. The average Bonchev–Trinajstić information content (AvgIpc) is 2.38. The first kappa shape index (κ1) is 9.97. The SMILES string of the molecule is CCC1(CN2CC(N)CC2=O)CCC1. The lowest BCUT2D eigenvalue weighted by molar-refractivity contribution is -0.130. The van der Waals surface area contributed by atoms with Crippen LogP contribution in [0.4, 0.5) is 0 Å². The number of carbonyl (C=O) groups excluding carboxylic acids is 1. The molecule has 2 rings (SSSR count). The number of likely N-dealkylation sites (tertiary alicyclic amines) is 1. The predicted octanol–water partition coefficient (Wildman–Crippen LogP) is 1.13. The summed E-state index contributed by atoms with van der Waals surface area (Å²) in [5.41, 5.74) is 6.22. The lowest BCUT2D eigenvalue weighted by atomic mass is 9.67. The highest BCUT2D eigenvalue weighted by Gasteiger charge is 2.39. The average molecular weight is 196 g/mol. The molecule has 0 aromatic carbocycles. The molecule has 14 heavy (non-hydrogen) atoms. The third kappa shape index (κ3) is 1.65. The molecule has 1 heterocycles. The molecule has 1 aliphatic carbocycles. The molecule has 0 aromatic rings. The van der Waals surface area contributed by atoms with Gasteiger partial charge in [0.1, 0.15) is 0 Å². The fourth-order valence-electron chi connectivity index (χ4n) is 2.66. The molecule has 0 radical (unpaired) electrons. The number of hydrogen-bond acceptors (Lipinski definition) is 2. The van der Waals surface area contributed by atoms with Crippen LogP contribution in [-0.4, -0.2) is 29.9 Å². The van der Waals surface area contributed by atoms with E-state index in [0.29, 0.717) is 11.8 Å². The van der Waals surface area contributed by atoms with Gasteiger partial charge in [-0.15, -0.1) is 0 Å². The molecule has 2 fully saturated rings. The minimum atomic E-state index is 0.0801. The number of hydrogen-bond donors (Lipinski definition) is 1. The molecule has 0 aromatic heterocycles. The predicted molar refractivity (Wildman–Crippen MR) is 55.7 cm³/mol. The summed E-state index contributed by atoms with van der Waals surface area (Å²) < 4.78 is 0. The fourth-order valence-corrected chi connectivity index (χ4v) is 2.66. The summed E-state index contributed by atoms with van der Waals surface area (Å²) in [6.07, 6.45) is 5.68. The number of nitrogens with zero attached hydrogens (tertiary/aromatic N) is 1. The van der Waals surface area contributed by atoms with Crippen LogP contribution in [0.5, 0.6) is 0 Å². The lowest BCUT2D eigenvalue weighted by Crippen LogP contribution is -2.43. The topological polar surface area (TPSA) is 46.3 Å².